The third-order valence-electron chi connectivity index (χ3n) is 5.04. The molecule has 1 unspecified atom stereocenters. The molecule has 2 fully saturated rings. The Labute approximate surface area is 174 Å². The highest BCUT2D eigenvalue weighted by Gasteiger charge is 2.48. The number of halogens is 1. The number of benzene rings is 2. The minimum atomic E-state index is -0.874. The first-order valence-corrected chi connectivity index (χ1v) is 9.85. The van der Waals surface area contributed by atoms with Gasteiger partial charge in [0.1, 0.15) is 6.04 Å². The van der Waals surface area contributed by atoms with Crippen LogP contribution in [0.4, 0.5) is 11.4 Å². The normalized spacial score (nSPS) is 18.8. The number of imide groups is 1. The molecule has 3 amide bonds. The van der Waals surface area contributed by atoms with Crippen LogP contribution in [-0.2, 0) is 9.59 Å². The Morgan fingerprint density at radius 2 is 1.69 bits per heavy atom. The Balaban J connectivity index is 1.61. The molecule has 0 bridgehead atoms. The van der Waals surface area contributed by atoms with Crippen LogP contribution in [0.25, 0.3) is 0 Å². The molecule has 2 aromatic rings. The Morgan fingerprint density at radius 3 is 2.24 bits per heavy atom. The predicted molar refractivity (Wildman–Crippen MR) is 107 cm³/mol. The van der Waals surface area contributed by atoms with Gasteiger partial charge in [0, 0.05) is 28.2 Å². The summed E-state index contributed by atoms with van der Waals surface area (Å²) in [5.41, 5.74) is 0.599. The van der Waals surface area contributed by atoms with Crippen molar-refractivity contribution in [1.29, 1.82) is 0 Å². The quantitative estimate of drug-likeness (QED) is 0.389. The summed E-state index contributed by atoms with van der Waals surface area (Å²) in [6.45, 7) is 0. The molecule has 2 aromatic carbocycles. The molecule has 0 radical (unpaired) electrons. The van der Waals surface area contributed by atoms with Crippen molar-refractivity contribution in [3.63, 3.8) is 0 Å². The highest BCUT2D eigenvalue weighted by atomic mass is 79.9. The lowest BCUT2D eigenvalue weighted by molar-refractivity contribution is -0.384. The van der Waals surface area contributed by atoms with Crippen LogP contribution in [0.2, 0.25) is 0 Å². The smallest absolute Gasteiger partial charge is 0.269 e. The fraction of sp³-hybridized carbons (Fsp3) is 0.250. The Hall–Kier alpha value is -3.07. The largest absolute Gasteiger partial charge is 0.323 e. The monoisotopic (exact) mass is 457 g/mol. The van der Waals surface area contributed by atoms with E-state index >= 15 is 0 Å². The van der Waals surface area contributed by atoms with Crippen LogP contribution in [0, 0.1) is 10.1 Å². The molecule has 4 rings (SSSR count). The molecule has 1 aliphatic heterocycles. The third kappa shape index (κ3) is 3.65. The van der Waals surface area contributed by atoms with Crippen LogP contribution < -0.4 is 4.90 Å². The van der Waals surface area contributed by atoms with E-state index in [0.29, 0.717) is 5.69 Å². The Kier molecular flexibility index (Phi) is 4.91. The van der Waals surface area contributed by atoms with Crippen molar-refractivity contribution in [3.05, 3.63) is 68.7 Å². The van der Waals surface area contributed by atoms with Crippen LogP contribution in [0.3, 0.4) is 0 Å². The first kappa shape index (κ1) is 19.3. The molecule has 9 heteroatoms. The summed E-state index contributed by atoms with van der Waals surface area (Å²) in [5, 5.41) is 10.8. The molecule has 1 heterocycles. The van der Waals surface area contributed by atoms with Gasteiger partial charge in [0.2, 0.25) is 5.91 Å². The maximum atomic E-state index is 13.1. The van der Waals surface area contributed by atoms with Crippen LogP contribution in [0.1, 0.15) is 29.6 Å². The molecule has 2 aliphatic rings. The van der Waals surface area contributed by atoms with Crippen molar-refractivity contribution in [2.24, 2.45) is 0 Å². The lowest BCUT2D eigenvalue weighted by atomic mass is 10.1. The standard InChI is InChI=1S/C20H16BrN3O5/c21-13-3-7-15(8-4-13)23-18(25)11-17(20(23)27)22(14-9-10-14)19(26)12-1-5-16(6-2-12)24(28)29/h1-8,14,17H,9-11H2. The fourth-order valence-electron chi connectivity index (χ4n) is 3.48. The number of non-ortho nitro benzene ring substituents is 1. The average molecular weight is 458 g/mol. The zero-order valence-electron chi connectivity index (χ0n) is 15.2. The van der Waals surface area contributed by atoms with E-state index in [1.165, 1.54) is 29.2 Å². The second-order valence-corrected chi connectivity index (χ2v) is 7.93. The van der Waals surface area contributed by atoms with Gasteiger partial charge < -0.3 is 4.90 Å². The van der Waals surface area contributed by atoms with Gasteiger partial charge in [0.05, 0.1) is 17.0 Å². The number of nitrogens with zero attached hydrogens (tertiary/aromatic N) is 3. The number of hydrogen-bond acceptors (Lipinski definition) is 5. The number of carbonyl (C=O) groups excluding carboxylic acids is 3. The van der Waals surface area contributed by atoms with Crippen molar-refractivity contribution in [2.75, 3.05) is 4.90 Å². The first-order valence-electron chi connectivity index (χ1n) is 9.06. The number of nitro benzene ring substituents is 1. The minimum absolute atomic E-state index is 0.0792. The molecule has 1 aliphatic carbocycles. The van der Waals surface area contributed by atoms with Crippen LogP contribution in [-0.4, -0.2) is 39.6 Å². The van der Waals surface area contributed by atoms with E-state index < -0.39 is 22.8 Å². The van der Waals surface area contributed by atoms with Gasteiger partial charge >= 0.3 is 0 Å². The highest BCUT2D eigenvalue weighted by molar-refractivity contribution is 9.10. The fourth-order valence-corrected chi connectivity index (χ4v) is 3.75. The second kappa shape index (κ2) is 7.40. The lowest BCUT2D eigenvalue weighted by Gasteiger charge is -2.27. The number of amides is 3. The number of anilines is 1. The maximum Gasteiger partial charge on any atom is 0.269 e. The molecule has 1 atom stereocenters. The van der Waals surface area contributed by atoms with Gasteiger partial charge in [-0.25, -0.2) is 4.90 Å². The third-order valence-corrected chi connectivity index (χ3v) is 5.57. The van der Waals surface area contributed by atoms with Crippen molar-refractivity contribution in [3.8, 4) is 0 Å². The van der Waals surface area contributed by atoms with E-state index in [9.17, 15) is 24.5 Å². The molecule has 0 N–H and O–H groups in total. The van der Waals surface area contributed by atoms with Gasteiger partial charge in [-0.15, -0.1) is 0 Å². The van der Waals surface area contributed by atoms with Crippen molar-refractivity contribution >= 4 is 45.0 Å². The summed E-state index contributed by atoms with van der Waals surface area (Å²) in [6, 6.07) is 11.1. The number of rotatable bonds is 5. The zero-order valence-corrected chi connectivity index (χ0v) is 16.7. The van der Waals surface area contributed by atoms with Gasteiger partial charge in [0.15, 0.2) is 0 Å². The van der Waals surface area contributed by atoms with Crippen LogP contribution in [0.15, 0.2) is 53.0 Å². The molecule has 148 valence electrons. The molecular weight excluding hydrogens is 442 g/mol. The Bertz CT molecular complexity index is 1000. The summed E-state index contributed by atoms with van der Waals surface area (Å²) in [4.78, 5) is 51.6. The molecule has 0 spiro atoms. The summed E-state index contributed by atoms with van der Waals surface area (Å²) in [6.07, 6.45) is 1.44. The van der Waals surface area contributed by atoms with Crippen molar-refractivity contribution < 1.29 is 19.3 Å². The van der Waals surface area contributed by atoms with Gasteiger partial charge in [-0.2, -0.15) is 0 Å². The van der Waals surface area contributed by atoms with Crippen LogP contribution >= 0.6 is 15.9 Å². The second-order valence-electron chi connectivity index (χ2n) is 7.01. The molecule has 29 heavy (non-hydrogen) atoms. The van der Waals surface area contributed by atoms with Gasteiger partial charge in [-0.1, -0.05) is 15.9 Å². The predicted octanol–water partition coefficient (Wildman–Crippen LogP) is 3.29. The van der Waals surface area contributed by atoms with E-state index in [1.807, 2.05) is 0 Å². The average Bonchev–Trinajstić information content (AvgIpc) is 3.49. The highest BCUT2D eigenvalue weighted by Crippen LogP contribution is 2.35. The summed E-state index contributed by atoms with van der Waals surface area (Å²) in [7, 11) is 0. The number of hydrogen-bond donors (Lipinski definition) is 0. The number of nitro groups is 1. The zero-order chi connectivity index (χ0) is 20.7. The van der Waals surface area contributed by atoms with Gasteiger partial charge in [0.25, 0.3) is 17.5 Å². The summed E-state index contributed by atoms with van der Waals surface area (Å²) < 4.78 is 0.824. The number of carbonyl (C=O) groups is 3. The minimum Gasteiger partial charge on any atom is -0.323 e. The van der Waals surface area contributed by atoms with Crippen molar-refractivity contribution in [2.45, 2.75) is 31.3 Å². The SMILES string of the molecule is O=C1CC(N(C(=O)c2ccc([N+](=O)[O-])cc2)C2CC2)C(=O)N1c1ccc(Br)cc1. The first-order chi connectivity index (χ1) is 13.9. The van der Waals surface area contributed by atoms with Gasteiger partial charge in [-0.05, 0) is 49.2 Å². The summed E-state index contributed by atoms with van der Waals surface area (Å²) >= 11 is 3.32. The van der Waals surface area contributed by atoms with Crippen LogP contribution in [0.5, 0.6) is 0 Å². The molecule has 1 saturated heterocycles. The molecule has 8 nitrogen and oxygen atoms in total. The van der Waals surface area contributed by atoms with Gasteiger partial charge in [-0.3, -0.25) is 24.5 Å². The van der Waals surface area contributed by atoms with E-state index in [-0.39, 0.29) is 29.6 Å². The molecule has 1 saturated carbocycles. The van der Waals surface area contributed by atoms with Crippen molar-refractivity contribution in [1.82, 2.24) is 4.90 Å². The van der Waals surface area contributed by atoms with E-state index in [4.69, 9.17) is 0 Å². The van der Waals surface area contributed by atoms with E-state index in [1.54, 1.807) is 24.3 Å². The molecule has 0 aromatic heterocycles. The van der Waals surface area contributed by atoms with E-state index in [0.717, 1.165) is 22.2 Å². The Morgan fingerprint density at radius 1 is 1.07 bits per heavy atom. The lowest BCUT2D eigenvalue weighted by Crippen LogP contribution is -2.46. The maximum absolute atomic E-state index is 13.1. The molecular formula is C20H16BrN3O5. The van der Waals surface area contributed by atoms with E-state index in [2.05, 4.69) is 15.9 Å². The summed E-state index contributed by atoms with van der Waals surface area (Å²) in [5.74, 6) is -1.19. The topological polar surface area (TPSA) is 101 Å².